The van der Waals surface area contributed by atoms with Crippen molar-refractivity contribution in [1.82, 2.24) is 4.90 Å². The number of fused-ring (bicyclic) bond motifs is 2. The first-order valence-corrected chi connectivity index (χ1v) is 16.2. The van der Waals surface area contributed by atoms with E-state index in [2.05, 4.69) is 5.32 Å². The van der Waals surface area contributed by atoms with Crippen LogP contribution >= 0.6 is 0 Å². The number of rotatable bonds is 5. The monoisotopic (exact) mass is 515 g/mol. The largest absolute Gasteiger partial charge is 0.432 e. The molecule has 4 aliphatic heterocycles. The molecule has 4 heterocycles. The van der Waals surface area contributed by atoms with E-state index >= 15 is 0 Å². The van der Waals surface area contributed by atoms with Crippen molar-refractivity contribution in [3.63, 3.8) is 0 Å². The number of amides is 3. The van der Waals surface area contributed by atoms with Gasteiger partial charge in [0.2, 0.25) is 11.8 Å². The summed E-state index contributed by atoms with van der Waals surface area (Å²) in [5, 5.41) is 12.7. The van der Waals surface area contributed by atoms with Crippen molar-refractivity contribution in [3.8, 4) is 0 Å². The summed E-state index contributed by atoms with van der Waals surface area (Å²) in [4.78, 5) is 54.3. The Morgan fingerprint density at radius 3 is 2.69 bits per heavy atom. The molecule has 5 atom stereocenters. The number of anilines is 2. The van der Waals surface area contributed by atoms with E-state index in [1.165, 1.54) is 0 Å². The van der Waals surface area contributed by atoms with Gasteiger partial charge in [0.25, 0.3) is 5.91 Å². The summed E-state index contributed by atoms with van der Waals surface area (Å²) in [6.07, 6.45) is 3.36. The Morgan fingerprint density at radius 1 is 1.22 bits per heavy atom. The Labute approximate surface area is 212 Å². The van der Waals surface area contributed by atoms with Gasteiger partial charge in [-0.25, -0.2) is 0 Å². The van der Waals surface area contributed by atoms with Gasteiger partial charge in [0, 0.05) is 47.9 Å². The van der Waals surface area contributed by atoms with E-state index in [1.54, 1.807) is 9.80 Å². The molecule has 1 aromatic rings. The van der Waals surface area contributed by atoms with Crippen molar-refractivity contribution in [2.24, 2.45) is 5.92 Å². The molecule has 0 saturated carbocycles. The lowest BCUT2D eigenvalue weighted by Gasteiger charge is -2.33. The zero-order valence-corrected chi connectivity index (χ0v) is 22.3. The van der Waals surface area contributed by atoms with E-state index < -0.39 is 20.0 Å². The molecule has 0 unspecified atom stereocenters. The first kappa shape index (κ1) is 25.4. The number of hydrogen-bond donors (Lipinski definition) is 3. The molecular formula is C26H37N3O6Si. The van der Waals surface area contributed by atoms with Gasteiger partial charge in [0.15, 0.2) is 13.9 Å². The van der Waals surface area contributed by atoms with Gasteiger partial charge in [0.1, 0.15) is 0 Å². The summed E-state index contributed by atoms with van der Waals surface area (Å²) in [6, 6.07) is 5.36. The predicted octanol–water partition coefficient (Wildman–Crippen LogP) is 2.33. The molecule has 3 saturated heterocycles. The number of aliphatic hydroxyl groups is 1. The molecule has 3 N–H and O–H groups in total. The van der Waals surface area contributed by atoms with Gasteiger partial charge in [-0.2, -0.15) is 0 Å². The average molecular weight is 516 g/mol. The van der Waals surface area contributed by atoms with Crippen LogP contribution in [-0.4, -0.2) is 72.7 Å². The van der Waals surface area contributed by atoms with Crippen LogP contribution < -0.4 is 10.2 Å². The minimum Gasteiger partial charge on any atom is -0.432 e. The van der Waals surface area contributed by atoms with Crippen LogP contribution in [0.1, 0.15) is 51.0 Å². The average Bonchev–Trinajstić information content (AvgIpc) is 3.49. The minimum absolute atomic E-state index is 0.0527. The van der Waals surface area contributed by atoms with E-state index in [0.717, 1.165) is 31.4 Å². The molecule has 4 aliphatic rings. The highest BCUT2D eigenvalue weighted by Crippen LogP contribution is 2.58. The lowest BCUT2D eigenvalue weighted by molar-refractivity contribution is -0.148. The number of likely N-dealkylation sites (tertiary alicyclic amines) is 1. The second kappa shape index (κ2) is 9.23. The summed E-state index contributed by atoms with van der Waals surface area (Å²) in [5.41, 5.74) is 0.360. The first-order valence-electron chi connectivity index (χ1n) is 13.1. The second-order valence-corrected chi connectivity index (χ2v) is 15.3. The lowest BCUT2D eigenvalue weighted by atomic mass is 9.82. The van der Waals surface area contributed by atoms with Crippen LogP contribution in [-0.2, 0) is 24.7 Å². The fraction of sp³-hybridized carbons (Fsp3) is 0.654. The van der Waals surface area contributed by atoms with E-state index in [1.807, 2.05) is 38.2 Å². The molecular weight excluding hydrogens is 478 g/mol. The smallest absolute Gasteiger partial charge is 0.261 e. The van der Waals surface area contributed by atoms with Crippen molar-refractivity contribution < 1.29 is 29.0 Å². The Bertz CT molecular complexity index is 1070. The maximum absolute atomic E-state index is 13.6. The van der Waals surface area contributed by atoms with E-state index in [4.69, 9.17) is 4.74 Å². The van der Waals surface area contributed by atoms with Gasteiger partial charge in [-0.15, -0.1) is 0 Å². The topological polar surface area (TPSA) is 119 Å². The van der Waals surface area contributed by atoms with Gasteiger partial charge in [-0.3, -0.25) is 14.4 Å². The molecule has 3 fully saturated rings. The minimum atomic E-state index is -2.87. The third kappa shape index (κ3) is 3.98. The number of nitrogens with zero attached hydrogens (tertiary/aromatic N) is 2. The number of carbonyl (C=O) groups excluding carboxylic acids is 3. The van der Waals surface area contributed by atoms with Crippen LogP contribution in [0.2, 0.25) is 18.6 Å². The number of aliphatic hydroxyl groups excluding tert-OH is 1. The normalized spacial score (nSPS) is 32.4. The molecule has 10 heteroatoms. The molecule has 196 valence electrons. The van der Waals surface area contributed by atoms with Gasteiger partial charge in [-0.1, -0.05) is 6.92 Å². The molecule has 0 aliphatic carbocycles. The number of piperidine rings is 1. The molecule has 3 amide bonds. The maximum atomic E-state index is 13.6. The van der Waals surface area contributed by atoms with Gasteiger partial charge >= 0.3 is 0 Å². The van der Waals surface area contributed by atoms with Gasteiger partial charge < -0.3 is 29.8 Å². The molecule has 9 nitrogen and oxygen atoms in total. The predicted molar refractivity (Wildman–Crippen MR) is 137 cm³/mol. The van der Waals surface area contributed by atoms with Crippen molar-refractivity contribution in [2.45, 2.75) is 81.8 Å². The highest BCUT2D eigenvalue weighted by atomic mass is 28.4. The van der Waals surface area contributed by atoms with Crippen LogP contribution in [0.5, 0.6) is 0 Å². The Hall–Kier alpha value is -2.27. The van der Waals surface area contributed by atoms with E-state index in [9.17, 15) is 24.3 Å². The summed E-state index contributed by atoms with van der Waals surface area (Å²) >= 11 is 0. The summed E-state index contributed by atoms with van der Waals surface area (Å²) < 4.78 is 6.62. The van der Waals surface area contributed by atoms with Crippen LogP contribution in [0.3, 0.4) is 0 Å². The molecule has 1 spiro atoms. The number of hydrogen-bond acceptors (Lipinski definition) is 6. The SMILES string of the molecule is C[C@H]1[C@H]([Si](C)(C)O)[C@@H](CC(=O)N2CCC[C@H]2CO)O[C@]12C(=O)Nc1ccc(N3CCCCC3=O)cc12. The first-order chi connectivity index (χ1) is 17.1. The zero-order chi connectivity index (χ0) is 25.8. The fourth-order valence-electron chi connectivity index (χ4n) is 6.97. The van der Waals surface area contributed by atoms with Crippen molar-refractivity contribution in [2.75, 3.05) is 29.9 Å². The van der Waals surface area contributed by atoms with Crippen molar-refractivity contribution in [1.29, 1.82) is 0 Å². The molecule has 0 radical (unpaired) electrons. The highest BCUT2D eigenvalue weighted by molar-refractivity contribution is 6.71. The summed E-state index contributed by atoms with van der Waals surface area (Å²) in [5.74, 6) is -0.708. The molecule has 5 rings (SSSR count). The van der Waals surface area contributed by atoms with Crippen LogP contribution in [0.4, 0.5) is 11.4 Å². The van der Waals surface area contributed by atoms with Gasteiger partial charge in [-0.05, 0) is 57.0 Å². The molecule has 0 aromatic heterocycles. The van der Waals surface area contributed by atoms with E-state index in [-0.39, 0.29) is 48.3 Å². The number of carbonyl (C=O) groups is 3. The lowest BCUT2D eigenvalue weighted by Crippen LogP contribution is -2.44. The van der Waals surface area contributed by atoms with Crippen molar-refractivity contribution in [3.05, 3.63) is 23.8 Å². The number of nitrogens with one attached hydrogen (secondary N) is 1. The third-order valence-corrected chi connectivity index (χ3v) is 11.1. The highest BCUT2D eigenvalue weighted by Gasteiger charge is 2.65. The van der Waals surface area contributed by atoms with Crippen molar-refractivity contribution >= 4 is 37.4 Å². The van der Waals surface area contributed by atoms with Crippen LogP contribution in [0.15, 0.2) is 18.2 Å². The number of benzene rings is 1. The Kier molecular flexibility index (Phi) is 6.51. The quantitative estimate of drug-likeness (QED) is 0.518. The summed E-state index contributed by atoms with van der Waals surface area (Å²) in [7, 11) is -2.87. The van der Waals surface area contributed by atoms with Crippen LogP contribution in [0, 0.1) is 5.92 Å². The zero-order valence-electron chi connectivity index (χ0n) is 21.3. The summed E-state index contributed by atoms with van der Waals surface area (Å²) in [6.45, 7) is 6.75. The number of ether oxygens (including phenoxy) is 1. The Morgan fingerprint density at radius 2 is 2.00 bits per heavy atom. The maximum Gasteiger partial charge on any atom is 0.261 e. The fourth-order valence-corrected chi connectivity index (χ4v) is 9.53. The third-order valence-electron chi connectivity index (χ3n) is 8.64. The molecule has 0 bridgehead atoms. The van der Waals surface area contributed by atoms with Gasteiger partial charge in [0.05, 0.1) is 25.2 Å². The molecule has 1 aromatic carbocycles. The molecule has 36 heavy (non-hydrogen) atoms. The standard InChI is InChI=1S/C26H37N3O6Si/c1-16-24(36(2,3)34)21(14-23(32)29-12-6-7-18(29)15-30)35-26(16)19-13-17(9-10-20(19)27-25(26)33)28-11-5-4-8-22(28)31/h9-10,13,16,18,21,24,30,34H,4-8,11-12,14-15H2,1-3H3,(H,27,33)/t16-,18-,21+,24-,26+/m0/s1. The Balaban J connectivity index is 1.50. The van der Waals surface area contributed by atoms with E-state index in [0.29, 0.717) is 30.8 Å². The second-order valence-electron chi connectivity index (χ2n) is 11.3. The van der Waals surface area contributed by atoms with Crippen LogP contribution in [0.25, 0.3) is 0 Å².